The maximum atomic E-state index is 11.4. The van der Waals surface area contributed by atoms with Gasteiger partial charge in [0.2, 0.25) is 0 Å². The summed E-state index contributed by atoms with van der Waals surface area (Å²) < 4.78 is 5.45. The van der Waals surface area contributed by atoms with Crippen LogP contribution in [-0.4, -0.2) is 18.2 Å². The fourth-order valence-corrected chi connectivity index (χ4v) is 1.93. The predicted molar refractivity (Wildman–Crippen MR) is 69.9 cm³/mol. The van der Waals surface area contributed by atoms with Crippen LogP contribution in [0, 0.1) is 5.41 Å². The number of benzene rings is 1. The van der Waals surface area contributed by atoms with Gasteiger partial charge in [0, 0.05) is 4.47 Å². The Balaban J connectivity index is 3.20. The van der Waals surface area contributed by atoms with Gasteiger partial charge in [0.25, 0.3) is 0 Å². The predicted octanol–water partition coefficient (Wildman–Crippen LogP) is 3.32. The Kier molecular flexibility index (Phi) is 4.33. The van der Waals surface area contributed by atoms with Crippen LogP contribution in [0.15, 0.2) is 22.7 Å². The van der Waals surface area contributed by atoms with Crippen molar-refractivity contribution in [2.75, 3.05) is 7.11 Å². The highest BCUT2D eigenvalue weighted by atomic mass is 79.9. The third-order valence-electron chi connectivity index (χ3n) is 2.53. The van der Waals surface area contributed by atoms with Crippen molar-refractivity contribution in [1.82, 2.24) is 0 Å². The number of aliphatic hydroxyl groups excluding tert-OH is 1. The highest BCUT2D eigenvalue weighted by molar-refractivity contribution is 9.10. The van der Waals surface area contributed by atoms with Crippen molar-refractivity contribution in [2.24, 2.45) is 5.41 Å². The van der Waals surface area contributed by atoms with Crippen LogP contribution in [0.5, 0.6) is 0 Å². The minimum Gasteiger partial charge on any atom is -0.465 e. The van der Waals surface area contributed by atoms with E-state index in [9.17, 15) is 9.90 Å². The third-order valence-corrected chi connectivity index (χ3v) is 3.25. The molecule has 0 radical (unpaired) electrons. The van der Waals surface area contributed by atoms with E-state index < -0.39 is 12.1 Å². The van der Waals surface area contributed by atoms with Crippen molar-refractivity contribution in [3.63, 3.8) is 0 Å². The molecule has 1 N–H and O–H groups in total. The summed E-state index contributed by atoms with van der Waals surface area (Å²) in [5.41, 5.74) is 0.839. The molecule has 17 heavy (non-hydrogen) atoms. The van der Waals surface area contributed by atoms with Crippen LogP contribution >= 0.6 is 15.9 Å². The summed E-state index contributed by atoms with van der Waals surface area (Å²) in [6, 6.07) is 5.07. The zero-order chi connectivity index (χ0) is 13.2. The fraction of sp³-hybridized carbons (Fsp3) is 0.462. The molecule has 0 aliphatic heterocycles. The molecule has 0 fully saturated rings. The standard InChI is InChI=1S/C13H17BrO3/c1-13(2,3)11(15)9-7-8(12(16)17-4)5-6-10(9)14/h5-7,11,15H,1-4H3/t11-/m1/s1. The molecule has 0 aromatic heterocycles. The van der Waals surface area contributed by atoms with Crippen LogP contribution in [0.4, 0.5) is 0 Å². The molecule has 0 aliphatic rings. The molecule has 0 amide bonds. The monoisotopic (exact) mass is 300 g/mol. The highest BCUT2D eigenvalue weighted by Gasteiger charge is 2.26. The lowest BCUT2D eigenvalue weighted by atomic mass is 9.84. The van der Waals surface area contributed by atoms with E-state index in [-0.39, 0.29) is 5.41 Å². The first-order valence-corrected chi connectivity index (χ1v) is 6.12. The lowest BCUT2D eigenvalue weighted by Crippen LogP contribution is -2.18. The molecule has 0 aliphatic carbocycles. The van der Waals surface area contributed by atoms with Gasteiger partial charge in [-0.15, -0.1) is 0 Å². The Morgan fingerprint density at radius 3 is 2.47 bits per heavy atom. The first-order chi connectivity index (χ1) is 7.77. The van der Waals surface area contributed by atoms with Gasteiger partial charge in [-0.3, -0.25) is 0 Å². The Hall–Kier alpha value is -0.870. The molecule has 1 aromatic carbocycles. The van der Waals surface area contributed by atoms with E-state index >= 15 is 0 Å². The molecule has 3 nitrogen and oxygen atoms in total. The van der Waals surface area contributed by atoms with Gasteiger partial charge in [0.15, 0.2) is 0 Å². The average Bonchev–Trinajstić information content (AvgIpc) is 2.26. The Morgan fingerprint density at radius 2 is 2.00 bits per heavy atom. The second-order valence-corrected chi connectivity index (χ2v) is 5.85. The van der Waals surface area contributed by atoms with E-state index in [2.05, 4.69) is 20.7 Å². The van der Waals surface area contributed by atoms with Gasteiger partial charge in [-0.25, -0.2) is 4.79 Å². The van der Waals surface area contributed by atoms with Gasteiger partial charge in [0.1, 0.15) is 0 Å². The number of methoxy groups -OCH3 is 1. The van der Waals surface area contributed by atoms with Crippen molar-refractivity contribution in [3.05, 3.63) is 33.8 Å². The summed E-state index contributed by atoms with van der Waals surface area (Å²) in [7, 11) is 1.34. The molecule has 0 spiro atoms. The smallest absolute Gasteiger partial charge is 0.337 e. The lowest BCUT2D eigenvalue weighted by molar-refractivity contribution is 0.0585. The third kappa shape index (κ3) is 3.30. The van der Waals surface area contributed by atoms with Gasteiger partial charge >= 0.3 is 5.97 Å². The van der Waals surface area contributed by atoms with E-state index in [1.54, 1.807) is 18.2 Å². The summed E-state index contributed by atoms with van der Waals surface area (Å²) in [6.07, 6.45) is -0.651. The van der Waals surface area contributed by atoms with Crippen LogP contribution in [-0.2, 0) is 4.74 Å². The SMILES string of the molecule is COC(=O)c1ccc(Br)c([C@@H](O)C(C)(C)C)c1. The van der Waals surface area contributed by atoms with Crippen molar-refractivity contribution in [2.45, 2.75) is 26.9 Å². The number of hydrogen-bond acceptors (Lipinski definition) is 3. The average molecular weight is 301 g/mol. The number of carbonyl (C=O) groups excluding carboxylic acids is 1. The van der Waals surface area contributed by atoms with Crippen molar-refractivity contribution < 1.29 is 14.6 Å². The van der Waals surface area contributed by atoms with E-state index in [0.717, 1.165) is 4.47 Å². The van der Waals surface area contributed by atoms with Crippen LogP contribution in [0.25, 0.3) is 0 Å². The molecule has 0 bridgehead atoms. The molecule has 1 aromatic rings. The summed E-state index contributed by atoms with van der Waals surface area (Å²) >= 11 is 3.38. The zero-order valence-corrected chi connectivity index (χ0v) is 12.0. The lowest BCUT2D eigenvalue weighted by Gasteiger charge is -2.27. The molecule has 4 heteroatoms. The molecule has 0 unspecified atom stereocenters. The van der Waals surface area contributed by atoms with Crippen LogP contribution < -0.4 is 0 Å². The number of hydrogen-bond donors (Lipinski definition) is 1. The zero-order valence-electron chi connectivity index (χ0n) is 10.5. The summed E-state index contributed by atoms with van der Waals surface area (Å²) in [4.78, 5) is 11.4. The van der Waals surface area contributed by atoms with E-state index in [1.807, 2.05) is 20.8 Å². The Morgan fingerprint density at radius 1 is 1.41 bits per heavy atom. The van der Waals surface area contributed by atoms with Crippen LogP contribution in [0.3, 0.4) is 0 Å². The fourth-order valence-electron chi connectivity index (χ4n) is 1.46. The molecule has 0 saturated heterocycles. The molecular weight excluding hydrogens is 284 g/mol. The maximum Gasteiger partial charge on any atom is 0.337 e. The van der Waals surface area contributed by atoms with Crippen molar-refractivity contribution in [1.29, 1.82) is 0 Å². The number of esters is 1. The second-order valence-electron chi connectivity index (χ2n) is 5.00. The van der Waals surface area contributed by atoms with Gasteiger partial charge in [0.05, 0.1) is 18.8 Å². The summed E-state index contributed by atoms with van der Waals surface area (Å²) in [5, 5.41) is 10.2. The number of carbonyl (C=O) groups is 1. The van der Waals surface area contributed by atoms with Gasteiger partial charge in [-0.05, 0) is 29.2 Å². The van der Waals surface area contributed by atoms with Crippen molar-refractivity contribution in [3.8, 4) is 0 Å². The minimum absolute atomic E-state index is 0.294. The van der Waals surface area contributed by atoms with Crippen LogP contribution in [0.1, 0.15) is 42.8 Å². The van der Waals surface area contributed by atoms with Gasteiger partial charge < -0.3 is 9.84 Å². The Bertz CT molecular complexity index is 421. The number of ether oxygens (including phenoxy) is 1. The quantitative estimate of drug-likeness (QED) is 0.852. The summed E-state index contributed by atoms with van der Waals surface area (Å²) in [6.45, 7) is 5.82. The molecule has 1 atom stereocenters. The topological polar surface area (TPSA) is 46.5 Å². The van der Waals surface area contributed by atoms with Crippen molar-refractivity contribution >= 4 is 21.9 Å². The van der Waals surface area contributed by atoms with Gasteiger partial charge in [-0.2, -0.15) is 0 Å². The normalized spacial score (nSPS) is 13.3. The molecular formula is C13H17BrO3. The van der Waals surface area contributed by atoms with Crippen LogP contribution in [0.2, 0.25) is 0 Å². The Labute approximate surface area is 110 Å². The number of rotatable bonds is 2. The largest absolute Gasteiger partial charge is 0.465 e. The summed E-state index contributed by atoms with van der Waals surface area (Å²) in [5.74, 6) is -0.403. The number of aliphatic hydroxyl groups is 1. The second kappa shape index (κ2) is 5.19. The minimum atomic E-state index is -0.651. The van der Waals surface area contributed by atoms with E-state index in [1.165, 1.54) is 7.11 Å². The number of halogens is 1. The highest BCUT2D eigenvalue weighted by Crippen LogP contribution is 2.36. The molecule has 0 saturated carbocycles. The first-order valence-electron chi connectivity index (χ1n) is 5.33. The van der Waals surface area contributed by atoms with E-state index in [0.29, 0.717) is 11.1 Å². The maximum absolute atomic E-state index is 11.4. The first kappa shape index (κ1) is 14.2. The van der Waals surface area contributed by atoms with E-state index in [4.69, 9.17) is 0 Å². The van der Waals surface area contributed by atoms with Gasteiger partial charge in [-0.1, -0.05) is 36.7 Å². The molecule has 94 valence electrons. The molecule has 1 rings (SSSR count). The molecule has 0 heterocycles.